The van der Waals surface area contributed by atoms with Gasteiger partial charge in [-0.1, -0.05) is 18.2 Å². The Morgan fingerprint density at radius 1 is 1.14 bits per heavy atom. The van der Waals surface area contributed by atoms with Crippen LogP contribution in [0.4, 0.5) is 13.2 Å². The van der Waals surface area contributed by atoms with Crippen molar-refractivity contribution >= 4 is 11.8 Å². The van der Waals surface area contributed by atoms with Gasteiger partial charge in [-0.2, -0.15) is 0 Å². The molecule has 4 N–H and O–H groups in total. The topological polar surface area (TPSA) is 89.4 Å². The van der Waals surface area contributed by atoms with E-state index in [1.807, 2.05) is 0 Å². The van der Waals surface area contributed by atoms with Crippen LogP contribution in [0.25, 0.3) is 0 Å². The number of amides is 2. The summed E-state index contributed by atoms with van der Waals surface area (Å²) in [4.78, 5) is 23.2. The Kier molecular flexibility index (Phi) is 6.36. The minimum Gasteiger partial charge on any atom is -0.368 e. The number of primary amides is 1. The van der Waals surface area contributed by atoms with Crippen LogP contribution in [0.5, 0.6) is 0 Å². The van der Waals surface area contributed by atoms with Gasteiger partial charge in [-0.3, -0.25) is 9.59 Å². The largest absolute Gasteiger partial charge is 0.488 e. The van der Waals surface area contributed by atoms with Crippen molar-refractivity contribution in [2.75, 3.05) is 6.54 Å². The van der Waals surface area contributed by atoms with Crippen molar-refractivity contribution in [1.82, 2.24) is 4.90 Å². The first kappa shape index (κ1) is 18.0. The molecule has 0 aromatic heterocycles. The zero-order valence-corrected chi connectivity index (χ0v) is 11.8. The molecule has 0 aliphatic heterocycles. The number of nitrogens with two attached hydrogens (primary N) is 2. The van der Waals surface area contributed by atoms with Crippen molar-refractivity contribution in [3.8, 4) is 0 Å². The quantitative estimate of drug-likeness (QED) is 0.591. The lowest BCUT2D eigenvalue weighted by atomic mass is 10.1. The Bertz CT molecular complexity index is 506. The van der Waals surface area contributed by atoms with E-state index in [-0.39, 0.29) is 24.9 Å². The highest BCUT2D eigenvalue weighted by molar-refractivity contribution is 5.97. The van der Waals surface area contributed by atoms with Crippen LogP contribution in [0, 0.1) is 0 Å². The number of hydrogen-bond acceptors (Lipinski definition) is 3. The van der Waals surface area contributed by atoms with Crippen LogP contribution < -0.4 is 11.5 Å². The van der Waals surface area contributed by atoms with E-state index in [4.69, 9.17) is 11.5 Å². The summed E-state index contributed by atoms with van der Waals surface area (Å²) in [7, 11) is 0. The molecule has 0 fully saturated rings. The predicted octanol–water partition coefficient (Wildman–Crippen LogP) is 1.63. The highest BCUT2D eigenvalue weighted by atomic mass is 19.4. The number of alkyl halides is 3. The Morgan fingerprint density at radius 2 is 1.73 bits per heavy atom. The molecule has 122 valence electrons. The molecular formula is C14H18F3N3O2. The van der Waals surface area contributed by atoms with Crippen molar-refractivity contribution in [3.05, 3.63) is 35.9 Å². The number of rotatable bonds is 7. The molecule has 5 nitrogen and oxygen atoms in total. The van der Waals surface area contributed by atoms with Gasteiger partial charge >= 0.3 is 6.30 Å². The third kappa shape index (κ3) is 4.73. The van der Waals surface area contributed by atoms with Gasteiger partial charge < -0.3 is 11.5 Å². The van der Waals surface area contributed by atoms with Crippen LogP contribution in [0.2, 0.25) is 0 Å². The highest BCUT2D eigenvalue weighted by Crippen LogP contribution is 2.28. The first-order valence-electron chi connectivity index (χ1n) is 6.74. The summed E-state index contributed by atoms with van der Waals surface area (Å²) >= 11 is 0. The van der Waals surface area contributed by atoms with E-state index < -0.39 is 29.1 Å². The van der Waals surface area contributed by atoms with E-state index in [9.17, 15) is 22.8 Å². The molecule has 0 bridgehead atoms. The number of carbonyl (C=O) groups excluding carboxylic acids is 2. The van der Waals surface area contributed by atoms with Gasteiger partial charge in [0, 0.05) is 5.56 Å². The molecule has 0 spiro atoms. The molecule has 0 aliphatic carbocycles. The average Bonchev–Trinajstić information content (AvgIpc) is 2.45. The van der Waals surface area contributed by atoms with Gasteiger partial charge in [0.15, 0.2) is 0 Å². The van der Waals surface area contributed by atoms with E-state index in [1.165, 1.54) is 24.3 Å². The molecule has 0 saturated carbocycles. The Balaban J connectivity index is 3.09. The van der Waals surface area contributed by atoms with Gasteiger partial charge in [-0.25, -0.2) is 4.90 Å². The summed E-state index contributed by atoms with van der Waals surface area (Å²) in [6.07, 6.45) is -4.49. The second-order valence-electron chi connectivity index (χ2n) is 4.71. The number of nitrogens with zero attached hydrogens (tertiary/aromatic N) is 1. The molecule has 0 aliphatic rings. The van der Waals surface area contributed by atoms with Gasteiger partial charge in [0.05, 0.1) is 0 Å². The first-order valence-corrected chi connectivity index (χ1v) is 6.74. The Labute approximate surface area is 126 Å². The minimum absolute atomic E-state index is 0.162. The zero-order valence-electron chi connectivity index (χ0n) is 11.8. The zero-order chi connectivity index (χ0) is 16.8. The normalized spacial score (nSPS) is 12.7. The molecule has 22 heavy (non-hydrogen) atoms. The molecular weight excluding hydrogens is 299 g/mol. The van der Waals surface area contributed by atoms with Crippen molar-refractivity contribution in [1.29, 1.82) is 0 Å². The molecule has 1 aromatic carbocycles. The predicted molar refractivity (Wildman–Crippen MR) is 74.6 cm³/mol. The van der Waals surface area contributed by atoms with Crippen LogP contribution in [-0.4, -0.2) is 35.6 Å². The molecule has 1 aromatic rings. The van der Waals surface area contributed by atoms with Crippen LogP contribution >= 0.6 is 0 Å². The van der Waals surface area contributed by atoms with Gasteiger partial charge in [0.25, 0.3) is 5.91 Å². The summed E-state index contributed by atoms with van der Waals surface area (Å²) in [6.45, 7) is 0.282. The monoisotopic (exact) mass is 317 g/mol. The second-order valence-corrected chi connectivity index (χ2v) is 4.71. The lowest BCUT2D eigenvalue weighted by molar-refractivity contribution is -0.235. The van der Waals surface area contributed by atoms with E-state index in [0.29, 0.717) is 6.42 Å². The summed E-state index contributed by atoms with van der Waals surface area (Å²) in [6, 6.07) is 5.20. The third-order valence-electron chi connectivity index (χ3n) is 3.08. The smallest absolute Gasteiger partial charge is 0.368 e. The van der Waals surface area contributed by atoms with Gasteiger partial charge in [-0.05, 0) is 37.9 Å². The third-order valence-corrected chi connectivity index (χ3v) is 3.08. The SMILES string of the molecule is NCCCCC(C(N)=O)N(C(=O)c1ccccc1)C(F)(F)F. The molecule has 8 heteroatoms. The number of unbranched alkanes of at least 4 members (excludes halogenated alkanes) is 1. The number of halogens is 3. The fourth-order valence-corrected chi connectivity index (χ4v) is 2.03. The lowest BCUT2D eigenvalue weighted by Gasteiger charge is -2.31. The van der Waals surface area contributed by atoms with Gasteiger partial charge in [0.2, 0.25) is 5.91 Å². The molecule has 2 amide bonds. The summed E-state index contributed by atoms with van der Waals surface area (Å²) in [5.41, 5.74) is 10.2. The molecule has 1 unspecified atom stereocenters. The lowest BCUT2D eigenvalue weighted by Crippen LogP contribution is -2.54. The molecule has 0 radical (unpaired) electrons. The summed E-state index contributed by atoms with van der Waals surface area (Å²) < 4.78 is 39.7. The van der Waals surface area contributed by atoms with Crippen LogP contribution in [0.1, 0.15) is 29.6 Å². The van der Waals surface area contributed by atoms with E-state index in [0.717, 1.165) is 0 Å². The minimum atomic E-state index is -5.00. The van der Waals surface area contributed by atoms with Crippen molar-refractivity contribution in [2.24, 2.45) is 11.5 Å². The molecule has 1 atom stereocenters. The van der Waals surface area contributed by atoms with Crippen LogP contribution in [0.15, 0.2) is 30.3 Å². The number of carbonyl (C=O) groups is 2. The molecule has 0 saturated heterocycles. The maximum absolute atomic E-state index is 13.2. The highest BCUT2D eigenvalue weighted by Gasteiger charge is 2.47. The summed E-state index contributed by atoms with van der Waals surface area (Å²) in [5, 5.41) is 0. The average molecular weight is 317 g/mol. The van der Waals surface area contributed by atoms with Crippen LogP contribution in [0.3, 0.4) is 0 Å². The number of benzene rings is 1. The van der Waals surface area contributed by atoms with E-state index in [2.05, 4.69) is 0 Å². The van der Waals surface area contributed by atoms with Crippen molar-refractivity contribution in [2.45, 2.75) is 31.6 Å². The second kappa shape index (κ2) is 7.79. The Hall–Kier alpha value is -2.09. The fourth-order valence-electron chi connectivity index (χ4n) is 2.03. The maximum atomic E-state index is 13.2. The molecule has 0 heterocycles. The van der Waals surface area contributed by atoms with Crippen LogP contribution in [-0.2, 0) is 4.79 Å². The van der Waals surface area contributed by atoms with Crippen molar-refractivity contribution < 1.29 is 22.8 Å². The fraction of sp³-hybridized carbons (Fsp3) is 0.429. The van der Waals surface area contributed by atoms with Crippen molar-refractivity contribution in [3.63, 3.8) is 0 Å². The molecule has 1 rings (SSSR count). The number of hydrogen-bond donors (Lipinski definition) is 2. The van der Waals surface area contributed by atoms with Gasteiger partial charge in [-0.15, -0.1) is 13.2 Å². The first-order chi connectivity index (χ1) is 10.3. The maximum Gasteiger partial charge on any atom is 0.488 e. The van der Waals surface area contributed by atoms with E-state index in [1.54, 1.807) is 6.07 Å². The summed E-state index contributed by atoms with van der Waals surface area (Å²) in [5.74, 6) is -2.50. The van der Waals surface area contributed by atoms with E-state index >= 15 is 0 Å². The Morgan fingerprint density at radius 3 is 2.18 bits per heavy atom. The van der Waals surface area contributed by atoms with Gasteiger partial charge in [0.1, 0.15) is 6.04 Å². The standard InChI is InChI=1S/C14H18F3N3O2/c15-14(16,17)20(11(12(19)21)8-4-5-9-18)13(22)10-6-2-1-3-7-10/h1-3,6-7,11H,4-5,8-9,18H2,(H2,19,21).